The standard InChI is InChI=1S/C5H9Cl2N/c1-3-5(6,7)4-8-2/h4H,3H2,1-2H3. The summed E-state index contributed by atoms with van der Waals surface area (Å²) in [5.41, 5.74) is 0. The summed E-state index contributed by atoms with van der Waals surface area (Å²) in [6.07, 6.45) is 2.21. The molecule has 0 bridgehead atoms. The zero-order valence-electron chi connectivity index (χ0n) is 4.99. The highest BCUT2D eigenvalue weighted by Crippen LogP contribution is 2.21. The highest BCUT2D eigenvalue weighted by Gasteiger charge is 2.16. The third-order valence-corrected chi connectivity index (χ3v) is 1.52. The normalized spacial score (nSPS) is 13.0. The molecule has 8 heavy (non-hydrogen) atoms. The van der Waals surface area contributed by atoms with Gasteiger partial charge in [-0.15, -0.1) is 0 Å². The molecule has 0 saturated heterocycles. The number of hydrogen-bond donors (Lipinski definition) is 0. The van der Waals surface area contributed by atoms with Gasteiger partial charge in [0.15, 0.2) is 4.33 Å². The van der Waals surface area contributed by atoms with Crippen LogP contribution in [0, 0.1) is 0 Å². The summed E-state index contributed by atoms with van der Waals surface area (Å²) < 4.78 is -0.755. The maximum absolute atomic E-state index is 5.64. The van der Waals surface area contributed by atoms with Crippen LogP contribution in [0.15, 0.2) is 4.99 Å². The van der Waals surface area contributed by atoms with E-state index in [4.69, 9.17) is 23.2 Å². The van der Waals surface area contributed by atoms with Crippen LogP contribution in [0.3, 0.4) is 0 Å². The van der Waals surface area contributed by atoms with Crippen LogP contribution in [0.5, 0.6) is 0 Å². The number of rotatable bonds is 2. The van der Waals surface area contributed by atoms with E-state index in [9.17, 15) is 0 Å². The van der Waals surface area contributed by atoms with Crippen molar-refractivity contribution in [1.29, 1.82) is 0 Å². The summed E-state index contributed by atoms with van der Waals surface area (Å²) in [4.78, 5) is 3.69. The molecule has 0 rings (SSSR count). The zero-order valence-corrected chi connectivity index (χ0v) is 6.50. The molecule has 48 valence electrons. The molecule has 0 heterocycles. The Hall–Kier alpha value is 0.250. The van der Waals surface area contributed by atoms with Gasteiger partial charge >= 0.3 is 0 Å². The minimum atomic E-state index is -0.755. The van der Waals surface area contributed by atoms with Crippen molar-refractivity contribution in [2.24, 2.45) is 4.99 Å². The lowest BCUT2D eigenvalue weighted by molar-refractivity contribution is 0.947. The van der Waals surface area contributed by atoms with Crippen LogP contribution >= 0.6 is 23.2 Å². The lowest BCUT2D eigenvalue weighted by Gasteiger charge is -2.08. The van der Waals surface area contributed by atoms with Crippen molar-refractivity contribution in [2.75, 3.05) is 7.05 Å². The van der Waals surface area contributed by atoms with E-state index < -0.39 is 4.33 Å². The van der Waals surface area contributed by atoms with Gasteiger partial charge in [-0.3, -0.25) is 4.99 Å². The smallest absolute Gasteiger partial charge is 0.152 e. The molecule has 0 aromatic rings. The van der Waals surface area contributed by atoms with E-state index in [2.05, 4.69) is 4.99 Å². The van der Waals surface area contributed by atoms with E-state index >= 15 is 0 Å². The van der Waals surface area contributed by atoms with Crippen molar-refractivity contribution in [3.8, 4) is 0 Å². The summed E-state index contributed by atoms with van der Waals surface area (Å²) in [6, 6.07) is 0. The van der Waals surface area contributed by atoms with Crippen molar-refractivity contribution in [3.05, 3.63) is 0 Å². The molecule has 0 N–H and O–H groups in total. The van der Waals surface area contributed by atoms with Crippen molar-refractivity contribution in [3.63, 3.8) is 0 Å². The van der Waals surface area contributed by atoms with Gasteiger partial charge in [-0.2, -0.15) is 0 Å². The first-order chi connectivity index (χ1) is 3.62. The SMILES string of the molecule is CCC(Cl)(Cl)C=NC. The van der Waals surface area contributed by atoms with Crippen molar-refractivity contribution < 1.29 is 0 Å². The van der Waals surface area contributed by atoms with Crippen LogP contribution < -0.4 is 0 Å². The van der Waals surface area contributed by atoms with Gasteiger partial charge in [0.2, 0.25) is 0 Å². The quantitative estimate of drug-likeness (QED) is 0.427. The summed E-state index contributed by atoms with van der Waals surface area (Å²) in [5.74, 6) is 0. The van der Waals surface area contributed by atoms with E-state index in [1.165, 1.54) is 6.21 Å². The molecule has 3 heteroatoms. The molecule has 0 aliphatic rings. The fourth-order valence-electron chi connectivity index (χ4n) is 0.280. The van der Waals surface area contributed by atoms with Crippen LogP contribution in [-0.2, 0) is 0 Å². The molecular weight excluding hydrogens is 145 g/mol. The van der Waals surface area contributed by atoms with E-state index in [1.807, 2.05) is 6.92 Å². The second kappa shape index (κ2) is 3.31. The lowest BCUT2D eigenvalue weighted by Crippen LogP contribution is -2.11. The van der Waals surface area contributed by atoms with Crippen LogP contribution in [0.25, 0.3) is 0 Å². The van der Waals surface area contributed by atoms with Gasteiger partial charge in [-0.05, 0) is 6.42 Å². The van der Waals surface area contributed by atoms with Crippen molar-refractivity contribution >= 4 is 29.4 Å². The fraction of sp³-hybridized carbons (Fsp3) is 0.800. The minimum Gasteiger partial charge on any atom is -0.298 e. The highest BCUT2D eigenvalue weighted by molar-refractivity contribution is 6.56. The predicted octanol–water partition coefficient (Wildman–Crippen LogP) is 2.27. The molecule has 0 aromatic carbocycles. The average Bonchev–Trinajstić information content (AvgIpc) is 1.67. The third-order valence-electron chi connectivity index (χ3n) is 0.789. The Morgan fingerprint density at radius 2 is 2.12 bits per heavy atom. The lowest BCUT2D eigenvalue weighted by atomic mass is 10.3. The van der Waals surface area contributed by atoms with Crippen molar-refractivity contribution in [2.45, 2.75) is 17.7 Å². The Labute approximate surface area is 59.7 Å². The Balaban J connectivity index is 3.71. The largest absolute Gasteiger partial charge is 0.298 e. The van der Waals surface area contributed by atoms with Gasteiger partial charge in [-0.1, -0.05) is 30.1 Å². The molecule has 0 spiro atoms. The van der Waals surface area contributed by atoms with E-state index in [0.717, 1.165) is 0 Å². The Morgan fingerprint density at radius 3 is 2.25 bits per heavy atom. The molecule has 0 aromatic heterocycles. The van der Waals surface area contributed by atoms with E-state index in [-0.39, 0.29) is 0 Å². The van der Waals surface area contributed by atoms with Crippen LogP contribution in [0.4, 0.5) is 0 Å². The second-order valence-electron chi connectivity index (χ2n) is 1.50. The minimum absolute atomic E-state index is 0.688. The zero-order chi connectivity index (χ0) is 6.62. The van der Waals surface area contributed by atoms with Crippen LogP contribution in [-0.4, -0.2) is 17.6 Å². The van der Waals surface area contributed by atoms with Crippen LogP contribution in [0.1, 0.15) is 13.3 Å². The van der Waals surface area contributed by atoms with E-state index in [1.54, 1.807) is 7.05 Å². The van der Waals surface area contributed by atoms with Crippen molar-refractivity contribution in [1.82, 2.24) is 0 Å². The van der Waals surface area contributed by atoms with Gasteiger partial charge in [-0.25, -0.2) is 0 Å². The van der Waals surface area contributed by atoms with E-state index in [0.29, 0.717) is 6.42 Å². The van der Waals surface area contributed by atoms with Gasteiger partial charge < -0.3 is 0 Å². The third kappa shape index (κ3) is 3.28. The molecule has 1 nitrogen and oxygen atoms in total. The van der Waals surface area contributed by atoms with Gasteiger partial charge in [0, 0.05) is 13.3 Å². The number of alkyl halides is 2. The molecule has 0 radical (unpaired) electrons. The Kier molecular flexibility index (Phi) is 3.41. The monoisotopic (exact) mass is 153 g/mol. The number of hydrogen-bond acceptors (Lipinski definition) is 1. The second-order valence-corrected chi connectivity index (χ2v) is 3.04. The predicted molar refractivity (Wildman–Crippen MR) is 39.1 cm³/mol. The number of aliphatic imine (C=N–C) groups is 1. The molecule has 0 aliphatic heterocycles. The topological polar surface area (TPSA) is 12.4 Å². The molecule has 0 fully saturated rings. The summed E-state index contributed by atoms with van der Waals surface area (Å²) in [5, 5.41) is 0. The van der Waals surface area contributed by atoms with Gasteiger partial charge in [0.05, 0.1) is 0 Å². The molecular formula is C5H9Cl2N. The Morgan fingerprint density at radius 1 is 1.62 bits per heavy atom. The summed E-state index contributed by atoms with van der Waals surface area (Å²) in [6.45, 7) is 1.90. The average molecular weight is 154 g/mol. The maximum atomic E-state index is 5.64. The van der Waals surface area contributed by atoms with Gasteiger partial charge in [0.1, 0.15) is 0 Å². The molecule has 0 unspecified atom stereocenters. The first-order valence-corrected chi connectivity index (χ1v) is 3.19. The first-order valence-electron chi connectivity index (χ1n) is 2.43. The Bertz CT molecular complexity index is 88.4. The fourth-order valence-corrected chi connectivity index (χ4v) is 0.475. The number of nitrogens with zero attached hydrogens (tertiary/aromatic N) is 1. The molecule has 0 aliphatic carbocycles. The molecule has 0 atom stereocenters. The molecule has 0 amide bonds. The first kappa shape index (κ1) is 8.25. The summed E-state index contributed by atoms with van der Waals surface area (Å²) >= 11 is 11.3. The molecule has 0 saturated carbocycles. The van der Waals surface area contributed by atoms with Gasteiger partial charge in [0.25, 0.3) is 0 Å². The number of halogens is 2. The summed E-state index contributed by atoms with van der Waals surface area (Å²) in [7, 11) is 1.65. The maximum Gasteiger partial charge on any atom is 0.152 e. The highest BCUT2D eigenvalue weighted by atomic mass is 35.5. The van der Waals surface area contributed by atoms with Crippen LogP contribution in [0.2, 0.25) is 0 Å².